The fraction of sp³-hybridized carbons (Fsp3) is 0.394. The van der Waals surface area contributed by atoms with E-state index in [-0.39, 0.29) is 23.8 Å². The Morgan fingerprint density at radius 1 is 1.00 bits per heavy atom. The average molecular weight is 603 g/mol. The topological polar surface area (TPSA) is 91.3 Å². The Labute approximate surface area is 257 Å². The number of rotatable bonds is 6. The minimum absolute atomic E-state index is 0.0955. The Morgan fingerprint density at radius 3 is 2.35 bits per heavy atom. The van der Waals surface area contributed by atoms with Crippen LogP contribution in [0, 0.1) is 5.41 Å². The summed E-state index contributed by atoms with van der Waals surface area (Å²) in [4.78, 5) is 45.7. The number of quaternary nitrogens is 1. The Hall–Kier alpha value is -3.86. The number of urea groups is 1. The SMILES string of the molecule is CCN(C(=O)[N+]1(C(=O)OCC(C)(C)C)N=C(NC(=O)c2ccc(CN3CCCCC3)cc2)c2ccsc21)c1ccccc1. The van der Waals surface area contributed by atoms with Crippen molar-refractivity contribution in [3.05, 3.63) is 82.7 Å². The van der Waals surface area contributed by atoms with Gasteiger partial charge in [0.15, 0.2) is 0 Å². The van der Waals surface area contributed by atoms with Crippen molar-refractivity contribution in [1.82, 2.24) is 14.8 Å². The van der Waals surface area contributed by atoms with Crippen LogP contribution in [-0.4, -0.2) is 55.0 Å². The molecule has 3 aromatic rings. The minimum Gasteiger partial charge on any atom is -0.417 e. The van der Waals surface area contributed by atoms with Gasteiger partial charge in [-0.1, -0.05) is 68.9 Å². The van der Waals surface area contributed by atoms with Crippen LogP contribution in [0.1, 0.15) is 68.4 Å². The molecule has 10 heteroatoms. The number of amidine groups is 1. The van der Waals surface area contributed by atoms with Gasteiger partial charge in [0.05, 0.1) is 5.56 Å². The number of imide groups is 1. The van der Waals surface area contributed by atoms with Gasteiger partial charge >= 0.3 is 12.1 Å². The standard InChI is InChI=1S/C33H39N5O4S/c1-5-37(26-12-8-6-9-13-26)31(40)38(32(41)42-23-33(2,3)4)30-27(18-21-43-30)28(35-38)34-29(39)25-16-14-24(15-17-25)22-36-19-10-7-11-20-36/h6,8-9,12-18,21H,5,7,10-11,19-20,22-23H2,1-4H3/p+1. The lowest BCUT2D eigenvalue weighted by Gasteiger charge is -2.28. The van der Waals surface area contributed by atoms with Crippen LogP contribution in [-0.2, 0) is 11.3 Å². The summed E-state index contributed by atoms with van der Waals surface area (Å²) in [5.74, 6) is -0.213. The van der Waals surface area contributed by atoms with Crippen molar-refractivity contribution in [3.63, 3.8) is 0 Å². The molecule has 0 saturated carbocycles. The van der Waals surface area contributed by atoms with E-state index in [0.29, 0.717) is 28.4 Å². The first-order valence-electron chi connectivity index (χ1n) is 14.9. The smallest absolute Gasteiger partial charge is 0.417 e. The zero-order valence-corrected chi connectivity index (χ0v) is 26.2. The molecular formula is C33H40N5O4S+. The zero-order valence-electron chi connectivity index (χ0n) is 25.3. The van der Waals surface area contributed by atoms with Gasteiger partial charge in [-0.3, -0.25) is 14.6 Å². The van der Waals surface area contributed by atoms with Gasteiger partial charge in [0.2, 0.25) is 10.8 Å². The summed E-state index contributed by atoms with van der Waals surface area (Å²) in [6, 6.07) is 17.9. The molecule has 4 amide bonds. The first-order valence-corrected chi connectivity index (χ1v) is 15.7. The van der Waals surface area contributed by atoms with Gasteiger partial charge in [0.1, 0.15) is 6.61 Å². The number of thiophene rings is 1. The number of para-hydroxylation sites is 1. The number of nitrogens with zero attached hydrogens (tertiary/aromatic N) is 4. The molecule has 0 bridgehead atoms. The number of ether oxygens (including phenoxy) is 1. The molecule has 3 heterocycles. The quantitative estimate of drug-likeness (QED) is 0.308. The number of anilines is 1. The molecule has 1 N–H and O–H groups in total. The highest BCUT2D eigenvalue weighted by Gasteiger charge is 2.60. The van der Waals surface area contributed by atoms with Gasteiger partial charge in [-0.25, -0.2) is 4.79 Å². The monoisotopic (exact) mass is 602 g/mol. The largest absolute Gasteiger partial charge is 0.559 e. The van der Waals surface area contributed by atoms with Crippen LogP contribution in [0.2, 0.25) is 0 Å². The number of nitrogens with one attached hydrogen (secondary N) is 1. The molecule has 2 aromatic carbocycles. The number of fused-ring (bicyclic) bond motifs is 1. The molecule has 5 rings (SSSR count). The summed E-state index contributed by atoms with van der Waals surface area (Å²) < 4.78 is 4.71. The number of carbonyl (C=O) groups excluding carboxylic acids is 3. The van der Waals surface area contributed by atoms with Crippen molar-refractivity contribution < 1.29 is 19.1 Å². The summed E-state index contributed by atoms with van der Waals surface area (Å²) in [6.45, 7) is 11.1. The average Bonchev–Trinajstić information content (AvgIpc) is 3.60. The number of hydrogen-bond acceptors (Lipinski definition) is 7. The van der Waals surface area contributed by atoms with Crippen LogP contribution in [0.4, 0.5) is 20.3 Å². The third-order valence-electron chi connectivity index (χ3n) is 7.53. The van der Waals surface area contributed by atoms with Crippen molar-refractivity contribution in [2.24, 2.45) is 10.5 Å². The van der Waals surface area contributed by atoms with Gasteiger partial charge in [-0.05, 0) is 84.6 Å². The second-order valence-electron chi connectivity index (χ2n) is 12.2. The first-order chi connectivity index (χ1) is 20.6. The summed E-state index contributed by atoms with van der Waals surface area (Å²) >= 11 is 1.23. The second-order valence-corrected chi connectivity index (χ2v) is 13.1. The number of amides is 4. The van der Waals surface area contributed by atoms with Crippen LogP contribution >= 0.6 is 11.3 Å². The maximum absolute atomic E-state index is 14.4. The molecule has 226 valence electrons. The highest BCUT2D eigenvalue weighted by Crippen LogP contribution is 2.42. The van der Waals surface area contributed by atoms with Crippen LogP contribution in [0.25, 0.3) is 0 Å². The molecule has 2 aliphatic heterocycles. The third-order valence-corrected chi connectivity index (χ3v) is 8.51. The Kier molecular flexibility index (Phi) is 9.10. The lowest BCUT2D eigenvalue weighted by atomic mass is 9.99. The fourth-order valence-corrected chi connectivity index (χ4v) is 6.28. The molecule has 1 fully saturated rings. The maximum atomic E-state index is 14.4. The van der Waals surface area contributed by atoms with E-state index in [0.717, 1.165) is 25.2 Å². The van der Waals surface area contributed by atoms with E-state index in [2.05, 4.69) is 15.3 Å². The Balaban J connectivity index is 1.45. The molecule has 0 aliphatic carbocycles. The van der Waals surface area contributed by atoms with E-state index >= 15 is 0 Å². The van der Waals surface area contributed by atoms with Gasteiger partial charge in [-0.15, -0.1) is 0 Å². The summed E-state index contributed by atoms with van der Waals surface area (Å²) in [6.07, 6.45) is 2.92. The first kappa shape index (κ1) is 30.6. The number of likely N-dealkylation sites (tertiary alicyclic amines) is 1. The van der Waals surface area contributed by atoms with E-state index in [4.69, 9.17) is 4.74 Å². The molecule has 1 unspecified atom stereocenters. The third kappa shape index (κ3) is 6.56. The van der Waals surface area contributed by atoms with Crippen molar-refractivity contribution in [1.29, 1.82) is 0 Å². The number of carbonyl (C=O) groups is 3. The van der Waals surface area contributed by atoms with Gasteiger partial charge in [-0.2, -0.15) is 4.79 Å². The van der Waals surface area contributed by atoms with Gasteiger partial charge in [0, 0.05) is 28.9 Å². The normalized spacial score (nSPS) is 18.5. The molecule has 9 nitrogen and oxygen atoms in total. The maximum Gasteiger partial charge on any atom is 0.559 e. The number of piperidine rings is 1. The van der Waals surface area contributed by atoms with E-state index in [1.165, 1.54) is 35.5 Å². The van der Waals surface area contributed by atoms with E-state index < -0.39 is 16.7 Å². The molecule has 0 spiro atoms. The van der Waals surface area contributed by atoms with Gasteiger partial charge < -0.3 is 10.1 Å². The van der Waals surface area contributed by atoms with Crippen molar-refractivity contribution in [3.8, 4) is 0 Å². The lowest BCUT2D eigenvalue weighted by Crippen LogP contribution is -2.59. The molecule has 0 radical (unpaired) electrons. The fourth-order valence-electron chi connectivity index (χ4n) is 5.30. The molecule has 1 atom stereocenters. The highest BCUT2D eigenvalue weighted by molar-refractivity contribution is 7.14. The number of benzene rings is 2. The molecule has 43 heavy (non-hydrogen) atoms. The Morgan fingerprint density at radius 2 is 1.70 bits per heavy atom. The van der Waals surface area contributed by atoms with Crippen molar-refractivity contribution in [2.75, 3.05) is 31.1 Å². The predicted molar refractivity (Wildman–Crippen MR) is 171 cm³/mol. The van der Waals surface area contributed by atoms with E-state index in [1.54, 1.807) is 23.6 Å². The highest BCUT2D eigenvalue weighted by atomic mass is 32.1. The Bertz CT molecular complexity index is 1490. The van der Waals surface area contributed by atoms with Crippen molar-refractivity contribution in [2.45, 2.75) is 53.5 Å². The molecule has 1 aromatic heterocycles. The zero-order chi connectivity index (χ0) is 30.6. The second kappa shape index (κ2) is 12.8. The van der Waals surface area contributed by atoms with Crippen LogP contribution in [0.3, 0.4) is 0 Å². The minimum atomic E-state index is -1.05. The van der Waals surface area contributed by atoms with Crippen LogP contribution < -0.4 is 14.8 Å². The molecule has 1 saturated heterocycles. The summed E-state index contributed by atoms with van der Waals surface area (Å²) in [7, 11) is 0. The van der Waals surface area contributed by atoms with E-state index in [9.17, 15) is 14.4 Å². The predicted octanol–water partition coefficient (Wildman–Crippen LogP) is 6.98. The van der Waals surface area contributed by atoms with Gasteiger partial charge in [0.25, 0.3) is 5.91 Å². The summed E-state index contributed by atoms with van der Waals surface area (Å²) in [5, 5.41) is 9.72. The number of hydrogen-bond donors (Lipinski definition) is 1. The van der Waals surface area contributed by atoms with Crippen molar-refractivity contribution >= 4 is 45.9 Å². The molecular weight excluding hydrogens is 562 g/mol. The lowest BCUT2D eigenvalue weighted by molar-refractivity contribution is 0.0827. The van der Waals surface area contributed by atoms with Crippen LogP contribution in [0.5, 0.6) is 0 Å². The van der Waals surface area contributed by atoms with E-state index in [1.807, 2.05) is 70.2 Å². The van der Waals surface area contributed by atoms with Crippen LogP contribution in [0.15, 0.2) is 71.1 Å². The molecule has 2 aliphatic rings. The summed E-state index contributed by atoms with van der Waals surface area (Å²) in [5.41, 5.74) is 2.44.